The van der Waals surface area contributed by atoms with E-state index in [2.05, 4.69) is 49.5 Å². The van der Waals surface area contributed by atoms with Crippen molar-refractivity contribution in [3.05, 3.63) is 94.9 Å². The van der Waals surface area contributed by atoms with Crippen molar-refractivity contribution in [2.75, 3.05) is 6.54 Å². The Hall–Kier alpha value is -2.85. The van der Waals surface area contributed by atoms with E-state index in [1.54, 1.807) is 6.26 Å². The third-order valence-electron chi connectivity index (χ3n) is 4.96. The Morgan fingerprint density at radius 1 is 1.00 bits per heavy atom. The van der Waals surface area contributed by atoms with Gasteiger partial charge in [-0.2, -0.15) is 0 Å². The van der Waals surface area contributed by atoms with Gasteiger partial charge >= 0.3 is 0 Å². The second-order valence-electron chi connectivity index (χ2n) is 6.98. The number of hydrogen-bond donors (Lipinski definition) is 2. The molecule has 0 unspecified atom stereocenters. The van der Waals surface area contributed by atoms with E-state index in [0.29, 0.717) is 6.54 Å². The van der Waals surface area contributed by atoms with Gasteiger partial charge in [0.2, 0.25) is 0 Å². The molecular weight excluding hydrogens is 336 g/mol. The number of furan rings is 1. The fourth-order valence-electron chi connectivity index (χ4n) is 3.19. The third-order valence-corrected chi connectivity index (χ3v) is 4.96. The average molecular weight is 363 g/mol. The van der Waals surface area contributed by atoms with Gasteiger partial charge in [-0.05, 0) is 49.6 Å². The number of aryl methyl sites for hydroxylation is 2. The molecule has 1 aromatic heterocycles. The van der Waals surface area contributed by atoms with E-state index in [9.17, 15) is 4.79 Å². The second kappa shape index (κ2) is 8.69. The maximum atomic E-state index is 12.5. The molecule has 1 heterocycles. The Labute approximate surface area is 160 Å². The SMILES string of the molecule is Cc1ccc([C@@H](C)NC(=O)C[NH2+][C@@H](c2ccccc2)c2ccco2)cc1C. The molecular formula is C23H27N2O2+. The normalized spacial score (nSPS) is 13.1. The fraction of sp³-hybridized carbons (Fsp3) is 0.261. The molecule has 3 rings (SSSR count). The number of carbonyl (C=O) groups excluding carboxylic acids is 1. The Morgan fingerprint density at radius 2 is 1.78 bits per heavy atom. The number of amides is 1. The zero-order chi connectivity index (χ0) is 19.2. The molecule has 140 valence electrons. The minimum atomic E-state index is -0.0381. The highest BCUT2D eigenvalue weighted by molar-refractivity contribution is 5.77. The van der Waals surface area contributed by atoms with Crippen molar-refractivity contribution in [1.82, 2.24) is 5.32 Å². The molecule has 0 spiro atoms. The van der Waals surface area contributed by atoms with Crippen LogP contribution in [-0.2, 0) is 4.79 Å². The van der Waals surface area contributed by atoms with Crippen LogP contribution in [0, 0.1) is 13.8 Å². The second-order valence-corrected chi connectivity index (χ2v) is 6.98. The average Bonchev–Trinajstić information content (AvgIpc) is 3.19. The summed E-state index contributed by atoms with van der Waals surface area (Å²) in [6.45, 7) is 6.53. The lowest BCUT2D eigenvalue weighted by molar-refractivity contribution is -0.678. The van der Waals surface area contributed by atoms with E-state index in [-0.39, 0.29) is 18.0 Å². The number of quaternary nitrogens is 1. The quantitative estimate of drug-likeness (QED) is 0.676. The predicted molar refractivity (Wildman–Crippen MR) is 106 cm³/mol. The van der Waals surface area contributed by atoms with Crippen molar-refractivity contribution in [1.29, 1.82) is 0 Å². The molecule has 0 saturated heterocycles. The van der Waals surface area contributed by atoms with Crippen molar-refractivity contribution >= 4 is 5.91 Å². The van der Waals surface area contributed by atoms with E-state index in [4.69, 9.17) is 4.42 Å². The lowest BCUT2D eigenvalue weighted by Crippen LogP contribution is -2.87. The fourth-order valence-corrected chi connectivity index (χ4v) is 3.19. The maximum Gasteiger partial charge on any atom is 0.275 e. The summed E-state index contributed by atoms with van der Waals surface area (Å²) >= 11 is 0. The van der Waals surface area contributed by atoms with Crippen molar-refractivity contribution < 1.29 is 14.5 Å². The monoisotopic (exact) mass is 363 g/mol. The number of nitrogens with two attached hydrogens (primary N) is 1. The summed E-state index contributed by atoms with van der Waals surface area (Å²) in [6, 6.07) is 20.2. The molecule has 0 bridgehead atoms. The summed E-state index contributed by atoms with van der Waals surface area (Å²) in [4.78, 5) is 12.5. The number of rotatable bonds is 7. The van der Waals surface area contributed by atoms with Gasteiger partial charge in [0.1, 0.15) is 0 Å². The van der Waals surface area contributed by atoms with E-state index in [1.807, 2.05) is 42.6 Å². The van der Waals surface area contributed by atoms with Gasteiger partial charge in [-0.3, -0.25) is 4.79 Å². The third kappa shape index (κ3) is 4.86. The van der Waals surface area contributed by atoms with Crippen molar-refractivity contribution in [2.45, 2.75) is 32.9 Å². The molecule has 1 amide bonds. The Bertz CT molecular complexity index is 873. The van der Waals surface area contributed by atoms with Crippen molar-refractivity contribution in [2.24, 2.45) is 0 Å². The lowest BCUT2D eigenvalue weighted by Gasteiger charge is -2.17. The highest BCUT2D eigenvalue weighted by Gasteiger charge is 2.22. The van der Waals surface area contributed by atoms with Crippen LogP contribution in [0.15, 0.2) is 71.3 Å². The molecule has 0 aliphatic heterocycles. The molecule has 0 radical (unpaired) electrons. The Kier molecular flexibility index (Phi) is 6.09. The van der Waals surface area contributed by atoms with Gasteiger partial charge in [-0.25, -0.2) is 0 Å². The first-order valence-corrected chi connectivity index (χ1v) is 9.33. The first kappa shape index (κ1) is 18.9. The Balaban J connectivity index is 1.63. The largest absolute Gasteiger partial charge is 0.463 e. The maximum absolute atomic E-state index is 12.5. The van der Waals surface area contributed by atoms with Gasteiger partial charge in [0.25, 0.3) is 5.91 Å². The molecule has 2 atom stereocenters. The molecule has 0 aliphatic rings. The lowest BCUT2D eigenvalue weighted by atomic mass is 10.0. The molecule has 0 fully saturated rings. The van der Waals surface area contributed by atoms with Crippen LogP contribution in [0.3, 0.4) is 0 Å². The number of hydrogen-bond acceptors (Lipinski definition) is 2. The van der Waals surface area contributed by atoms with Crippen LogP contribution >= 0.6 is 0 Å². The summed E-state index contributed by atoms with van der Waals surface area (Å²) in [7, 11) is 0. The van der Waals surface area contributed by atoms with Crippen LogP contribution in [0.1, 0.15) is 47.0 Å². The topological polar surface area (TPSA) is 58.9 Å². The summed E-state index contributed by atoms with van der Waals surface area (Å²) < 4.78 is 5.59. The first-order chi connectivity index (χ1) is 13.0. The highest BCUT2D eigenvalue weighted by atomic mass is 16.3. The minimum Gasteiger partial charge on any atom is -0.463 e. The summed E-state index contributed by atoms with van der Waals surface area (Å²) in [6.07, 6.45) is 1.67. The standard InChI is InChI=1S/C23H26N2O2/c1-16-11-12-20(14-17(16)2)18(3)25-22(26)15-24-23(21-10-7-13-27-21)19-8-5-4-6-9-19/h4-14,18,23-24H,15H2,1-3H3,(H,25,26)/p+1/t18-,23+/m1/s1. The zero-order valence-corrected chi connectivity index (χ0v) is 16.1. The zero-order valence-electron chi connectivity index (χ0n) is 16.1. The van der Waals surface area contributed by atoms with E-state index < -0.39 is 0 Å². The molecule has 4 nitrogen and oxygen atoms in total. The van der Waals surface area contributed by atoms with Gasteiger partial charge in [0.15, 0.2) is 18.3 Å². The minimum absolute atomic E-state index is 0.00761. The van der Waals surface area contributed by atoms with Crippen molar-refractivity contribution in [3.8, 4) is 0 Å². The van der Waals surface area contributed by atoms with Gasteiger partial charge in [-0.1, -0.05) is 48.5 Å². The molecule has 2 aromatic carbocycles. The number of carbonyl (C=O) groups is 1. The molecule has 0 aliphatic carbocycles. The van der Waals surface area contributed by atoms with Gasteiger partial charge in [0.05, 0.1) is 12.3 Å². The van der Waals surface area contributed by atoms with Crippen LogP contribution in [0.25, 0.3) is 0 Å². The molecule has 3 N–H and O–H groups in total. The van der Waals surface area contributed by atoms with E-state index in [0.717, 1.165) is 16.9 Å². The molecule has 27 heavy (non-hydrogen) atoms. The smallest absolute Gasteiger partial charge is 0.275 e. The van der Waals surface area contributed by atoms with Gasteiger partial charge < -0.3 is 15.1 Å². The predicted octanol–water partition coefficient (Wildman–Crippen LogP) is 3.43. The van der Waals surface area contributed by atoms with Crippen LogP contribution in [0.4, 0.5) is 0 Å². The van der Waals surface area contributed by atoms with Crippen LogP contribution < -0.4 is 10.6 Å². The number of nitrogens with one attached hydrogen (secondary N) is 1. The van der Waals surface area contributed by atoms with Crippen LogP contribution in [0.5, 0.6) is 0 Å². The molecule has 3 aromatic rings. The number of benzene rings is 2. The Morgan fingerprint density at radius 3 is 2.44 bits per heavy atom. The summed E-state index contributed by atoms with van der Waals surface area (Å²) in [5, 5.41) is 5.10. The van der Waals surface area contributed by atoms with Crippen molar-refractivity contribution in [3.63, 3.8) is 0 Å². The molecule has 4 heteroatoms. The highest BCUT2D eigenvalue weighted by Crippen LogP contribution is 2.19. The van der Waals surface area contributed by atoms with E-state index >= 15 is 0 Å². The first-order valence-electron chi connectivity index (χ1n) is 9.33. The van der Waals surface area contributed by atoms with Gasteiger partial charge in [0, 0.05) is 5.56 Å². The summed E-state index contributed by atoms with van der Waals surface area (Å²) in [5.74, 6) is 0.851. The van der Waals surface area contributed by atoms with Crippen LogP contribution in [-0.4, -0.2) is 12.5 Å². The van der Waals surface area contributed by atoms with E-state index in [1.165, 1.54) is 11.1 Å². The molecule has 0 saturated carbocycles. The van der Waals surface area contributed by atoms with Gasteiger partial charge in [-0.15, -0.1) is 0 Å². The summed E-state index contributed by atoms with van der Waals surface area (Å²) in [5.41, 5.74) is 4.73. The van der Waals surface area contributed by atoms with Crippen LogP contribution in [0.2, 0.25) is 0 Å².